The van der Waals surface area contributed by atoms with Crippen molar-refractivity contribution >= 4 is 22.7 Å². The quantitative estimate of drug-likeness (QED) is 0.795. The van der Waals surface area contributed by atoms with Gasteiger partial charge in [-0.15, -0.1) is 0 Å². The number of benzene rings is 1. The lowest BCUT2D eigenvalue weighted by Crippen LogP contribution is -2.31. The number of Topliss-reactive ketones (excluding diaryl/α,β-unsaturated/α-hetero) is 1. The number of rotatable bonds is 3. The van der Waals surface area contributed by atoms with E-state index < -0.39 is 6.10 Å². The molecule has 1 atom stereocenters. The third-order valence-electron chi connectivity index (χ3n) is 4.16. The molecule has 25 heavy (non-hydrogen) atoms. The van der Waals surface area contributed by atoms with Crippen LogP contribution in [0.1, 0.15) is 28.9 Å². The van der Waals surface area contributed by atoms with Gasteiger partial charge in [-0.2, -0.15) is 0 Å². The number of carbonyl (C=O) groups is 2. The van der Waals surface area contributed by atoms with E-state index in [4.69, 9.17) is 9.15 Å². The molecule has 0 saturated carbocycles. The van der Waals surface area contributed by atoms with Crippen molar-refractivity contribution in [3.05, 3.63) is 59.6 Å². The molecule has 1 N–H and O–H groups in total. The van der Waals surface area contributed by atoms with Gasteiger partial charge in [-0.1, -0.05) is 18.2 Å². The maximum atomic E-state index is 12.3. The smallest absolute Gasteiger partial charge is 0.270 e. The standard InChI is InChI=1S/C19H16N2O4/c1-11-16(22)9-15-18(24-11)7-6-14(21-15)19(23)20-10-13-8-12-4-2-3-5-17(12)25-13/h2-8,11H,9-10H2,1H3,(H,20,23). The summed E-state index contributed by atoms with van der Waals surface area (Å²) >= 11 is 0. The first kappa shape index (κ1) is 15.4. The predicted molar refractivity (Wildman–Crippen MR) is 90.4 cm³/mol. The Bertz CT molecular complexity index is 943. The molecule has 6 heteroatoms. The summed E-state index contributed by atoms with van der Waals surface area (Å²) in [6, 6.07) is 12.8. The van der Waals surface area contributed by atoms with Crippen LogP contribution in [0.4, 0.5) is 0 Å². The van der Waals surface area contributed by atoms with Crippen molar-refractivity contribution in [3.8, 4) is 5.75 Å². The molecule has 0 bridgehead atoms. The molecule has 126 valence electrons. The predicted octanol–water partition coefficient (Wildman–Crippen LogP) is 2.65. The van der Waals surface area contributed by atoms with Gasteiger partial charge in [0.15, 0.2) is 11.9 Å². The van der Waals surface area contributed by atoms with Crippen LogP contribution in [0.3, 0.4) is 0 Å². The molecule has 1 aliphatic rings. The van der Waals surface area contributed by atoms with Gasteiger partial charge in [0.05, 0.1) is 18.7 Å². The first-order valence-corrected chi connectivity index (χ1v) is 8.05. The van der Waals surface area contributed by atoms with Crippen molar-refractivity contribution in [1.82, 2.24) is 10.3 Å². The van der Waals surface area contributed by atoms with E-state index >= 15 is 0 Å². The van der Waals surface area contributed by atoms with Crippen molar-refractivity contribution in [1.29, 1.82) is 0 Å². The van der Waals surface area contributed by atoms with E-state index in [0.29, 0.717) is 17.2 Å². The zero-order valence-electron chi connectivity index (χ0n) is 13.6. The molecule has 1 aliphatic heterocycles. The van der Waals surface area contributed by atoms with Gasteiger partial charge >= 0.3 is 0 Å². The van der Waals surface area contributed by atoms with Gasteiger partial charge < -0.3 is 14.5 Å². The van der Waals surface area contributed by atoms with Gasteiger partial charge in [0.1, 0.15) is 22.8 Å². The Kier molecular flexibility index (Phi) is 3.72. The van der Waals surface area contributed by atoms with Crippen LogP contribution >= 0.6 is 0 Å². The van der Waals surface area contributed by atoms with Gasteiger partial charge in [0.2, 0.25) is 0 Å². The van der Waals surface area contributed by atoms with E-state index in [1.165, 1.54) is 0 Å². The summed E-state index contributed by atoms with van der Waals surface area (Å²) in [5.41, 5.74) is 1.53. The van der Waals surface area contributed by atoms with Crippen molar-refractivity contribution < 1.29 is 18.7 Å². The molecular weight excluding hydrogens is 320 g/mol. The second-order valence-electron chi connectivity index (χ2n) is 5.98. The summed E-state index contributed by atoms with van der Waals surface area (Å²) < 4.78 is 11.2. The molecule has 6 nitrogen and oxygen atoms in total. The SMILES string of the molecule is CC1Oc2ccc(C(=O)NCc3cc4ccccc4o3)nc2CC1=O. The van der Waals surface area contributed by atoms with Crippen LogP contribution in [0.25, 0.3) is 11.0 Å². The fourth-order valence-corrected chi connectivity index (χ4v) is 2.80. The van der Waals surface area contributed by atoms with Crippen LogP contribution in [0.2, 0.25) is 0 Å². The van der Waals surface area contributed by atoms with Crippen LogP contribution in [0.15, 0.2) is 46.9 Å². The van der Waals surface area contributed by atoms with Crippen LogP contribution < -0.4 is 10.1 Å². The minimum absolute atomic E-state index is 0.0418. The molecule has 4 rings (SSSR count). The summed E-state index contributed by atoms with van der Waals surface area (Å²) in [5, 5.41) is 3.77. The van der Waals surface area contributed by atoms with Crippen LogP contribution in [-0.2, 0) is 17.8 Å². The Morgan fingerprint density at radius 1 is 1.28 bits per heavy atom. The molecule has 1 unspecified atom stereocenters. The Labute approximate surface area is 143 Å². The highest BCUT2D eigenvalue weighted by Crippen LogP contribution is 2.24. The fraction of sp³-hybridized carbons (Fsp3) is 0.211. The van der Waals surface area contributed by atoms with Crippen molar-refractivity contribution in [2.75, 3.05) is 0 Å². The lowest BCUT2D eigenvalue weighted by molar-refractivity contribution is -0.125. The zero-order valence-corrected chi connectivity index (χ0v) is 13.6. The molecule has 2 aromatic heterocycles. The number of fused-ring (bicyclic) bond motifs is 2. The summed E-state index contributed by atoms with van der Waals surface area (Å²) in [5.74, 6) is 0.856. The molecule has 1 amide bonds. The van der Waals surface area contributed by atoms with E-state index in [0.717, 1.165) is 11.0 Å². The lowest BCUT2D eigenvalue weighted by Gasteiger charge is -2.21. The third-order valence-corrected chi connectivity index (χ3v) is 4.16. The maximum absolute atomic E-state index is 12.3. The van der Waals surface area contributed by atoms with Crippen LogP contribution in [-0.4, -0.2) is 22.8 Å². The van der Waals surface area contributed by atoms with Crippen molar-refractivity contribution in [3.63, 3.8) is 0 Å². The van der Waals surface area contributed by atoms with Crippen LogP contribution in [0.5, 0.6) is 5.75 Å². The Hall–Kier alpha value is -3.15. The number of hydrogen-bond acceptors (Lipinski definition) is 5. The highest BCUT2D eigenvalue weighted by molar-refractivity contribution is 5.93. The number of ketones is 1. The number of para-hydroxylation sites is 1. The number of pyridine rings is 1. The average Bonchev–Trinajstić information content (AvgIpc) is 3.03. The first-order valence-electron chi connectivity index (χ1n) is 8.05. The summed E-state index contributed by atoms with van der Waals surface area (Å²) in [4.78, 5) is 28.3. The lowest BCUT2D eigenvalue weighted by atomic mass is 10.1. The highest BCUT2D eigenvalue weighted by Gasteiger charge is 2.26. The van der Waals surface area contributed by atoms with E-state index in [1.807, 2.05) is 30.3 Å². The number of aromatic nitrogens is 1. The number of hydrogen-bond donors (Lipinski definition) is 1. The van der Waals surface area contributed by atoms with Crippen molar-refractivity contribution in [2.45, 2.75) is 26.0 Å². The van der Waals surface area contributed by atoms with E-state index in [1.54, 1.807) is 19.1 Å². The summed E-state index contributed by atoms with van der Waals surface area (Å²) in [6.07, 6.45) is -0.289. The normalized spacial score (nSPS) is 16.4. The van der Waals surface area contributed by atoms with Gasteiger partial charge in [0.25, 0.3) is 5.91 Å². The van der Waals surface area contributed by atoms with E-state index in [9.17, 15) is 9.59 Å². The molecule has 0 spiro atoms. The molecule has 0 aliphatic carbocycles. The third kappa shape index (κ3) is 2.98. The minimum atomic E-state index is -0.470. The molecular formula is C19H16N2O4. The summed E-state index contributed by atoms with van der Waals surface area (Å²) in [7, 11) is 0. The molecule has 0 fully saturated rings. The van der Waals surface area contributed by atoms with Crippen molar-refractivity contribution in [2.24, 2.45) is 0 Å². The summed E-state index contributed by atoms with van der Waals surface area (Å²) in [6.45, 7) is 1.97. The number of nitrogens with zero attached hydrogens (tertiary/aromatic N) is 1. The highest BCUT2D eigenvalue weighted by atomic mass is 16.5. The Morgan fingerprint density at radius 3 is 2.96 bits per heavy atom. The molecule has 3 heterocycles. The minimum Gasteiger partial charge on any atom is -0.481 e. The fourth-order valence-electron chi connectivity index (χ4n) is 2.80. The van der Waals surface area contributed by atoms with Gasteiger partial charge in [-0.25, -0.2) is 4.98 Å². The number of furan rings is 1. The second kappa shape index (κ2) is 6.05. The van der Waals surface area contributed by atoms with Gasteiger partial charge in [-0.3, -0.25) is 9.59 Å². The Morgan fingerprint density at radius 2 is 2.12 bits per heavy atom. The average molecular weight is 336 g/mol. The Balaban J connectivity index is 1.48. The second-order valence-corrected chi connectivity index (χ2v) is 5.98. The molecule has 1 aromatic carbocycles. The van der Waals surface area contributed by atoms with Crippen LogP contribution in [0, 0.1) is 0 Å². The molecule has 3 aromatic rings. The molecule has 0 radical (unpaired) electrons. The number of nitrogens with one attached hydrogen (secondary N) is 1. The van der Waals surface area contributed by atoms with Gasteiger partial charge in [-0.05, 0) is 31.2 Å². The number of carbonyl (C=O) groups excluding carboxylic acids is 2. The number of amides is 1. The molecule has 0 saturated heterocycles. The van der Waals surface area contributed by atoms with E-state index in [-0.39, 0.29) is 30.3 Å². The zero-order chi connectivity index (χ0) is 17.4. The topological polar surface area (TPSA) is 81.4 Å². The number of ether oxygens (including phenoxy) is 1. The maximum Gasteiger partial charge on any atom is 0.270 e. The largest absolute Gasteiger partial charge is 0.481 e. The van der Waals surface area contributed by atoms with E-state index in [2.05, 4.69) is 10.3 Å². The first-order chi connectivity index (χ1) is 12.1. The monoisotopic (exact) mass is 336 g/mol. The van der Waals surface area contributed by atoms with Gasteiger partial charge in [0, 0.05) is 5.39 Å².